The van der Waals surface area contributed by atoms with Gasteiger partial charge in [0.05, 0.1) is 5.41 Å². The zero-order valence-electron chi connectivity index (χ0n) is 30.1. The van der Waals surface area contributed by atoms with E-state index in [1.807, 2.05) is 25.9 Å². The Bertz CT molecular complexity index is 730. The van der Waals surface area contributed by atoms with Gasteiger partial charge in [0.2, 0.25) is 0 Å². The van der Waals surface area contributed by atoms with Crippen molar-refractivity contribution in [3.63, 3.8) is 0 Å². The Morgan fingerprint density at radius 3 is 1.14 bits per heavy atom. The molecule has 0 rings (SSSR count). The molecule has 0 aliphatic rings. The molecule has 0 atom stereocenters. The van der Waals surface area contributed by atoms with Crippen LogP contribution in [0.5, 0.6) is 0 Å². The number of carbonyl (C=O) groups is 2. The molecule has 0 radical (unpaired) electrons. The zero-order valence-corrected chi connectivity index (χ0v) is 30.1. The lowest BCUT2D eigenvalue weighted by molar-refractivity contribution is -0.141. The van der Waals surface area contributed by atoms with E-state index in [0.29, 0.717) is 19.4 Å². The van der Waals surface area contributed by atoms with Crippen molar-refractivity contribution in [3.05, 3.63) is 48.6 Å². The van der Waals surface area contributed by atoms with Gasteiger partial charge in [0.1, 0.15) is 11.6 Å². The molecule has 0 saturated carbocycles. The number of allylic oxidation sites excluding steroid dienone is 8. The predicted molar refractivity (Wildman–Crippen MR) is 195 cm³/mol. The minimum Gasteiger partial charge on any atom is -0.308 e. The molecule has 44 heavy (non-hydrogen) atoms. The average Bonchev–Trinajstić information content (AvgIpc) is 3.00. The van der Waals surface area contributed by atoms with Crippen molar-refractivity contribution in [3.8, 4) is 0 Å². The highest BCUT2D eigenvalue weighted by atomic mass is 16.2. The Hall–Kier alpha value is -1.74. The molecule has 0 fully saturated rings. The molecule has 3 nitrogen and oxygen atoms in total. The van der Waals surface area contributed by atoms with Crippen LogP contribution in [0.15, 0.2) is 48.6 Å². The molecular weight excluding hydrogens is 538 g/mol. The number of hydrogen-bond donors (Lipinski definition) is 0. The minimum absolute atomic E-state index is 0.143. The van der Waals surface area contributed by atoms with Crippen molar-refractivity contribution in [2.24, 2.45) is 5.41 Å². The highest BCUT2D eigenvalue weighted by molar-refractivity contribution is 6.06. The Kier molecular flexibility index (Phi) is 30.0. The van der Waals surface area contributed by atoms with Crippen molar-refractivity contribution in [1.29, 1.82) is 0 Å². The number of Topliss-reactive ketones (excluding diaryl/α,β-unsaturated/α-hetero) is 2. The first kappa shape index (κ1) is 42.3. The van der Waals surface area contributed by atoms with Crippen LogP contribution in [-0.2, 0) is 9.59 Å². The molecule has 0 N–H and O–H groups in total. The molecule has 0 aromatic carbocycles. The van der Waals surface area contributed by atoms with E-state index in [2.05, 4.69) is 62.5 Å². The van der Waals surface area contributed by atoms with Crippen LogP contribution in [0.25, 0.3) is 0 Å². The van der Waals surface area contributed by atoms with Gasteiger partial charge < -0.3 is 4.90 Å². The van der Waals surface area contributed by atoms with Gasteiger partial charge in [0, 0.05) is 19.4 Å². The largest absolute Gasteiger partial charge is 0.308 e. The van der Waals surface area contributed by atoms with E-state index in [9.17, 15) is 9.59 Å². The molecule has 254 valence electrons. The fraction of sp³-hybridized carbons (Fsp3) is 0.756. The van der Waals surface area contributed by atoms with E-state index in [1.54, 1.807) is 0 Å². The van der Waals surface area contributed by atoms with Crippen LogP contribution in [0.1, 0.15) is 175 Å². The molecule has 0 aliphatic carbocycles. The first-order valence-corrected chi connectivity index (χ1v) is 18.7. The third-order valence-electron chi connectivity index (χ3n) is 8.57. The quantitative estimate of drug-likeness (QED) is 0.0431. The van der Waals surface area contributed by atoms with Gasteiger partial charge in [-0.05, 0) is 98.1 Å². The smallest absolute Gasteiger partial charge is 0.147 e. The summed E-state index contributed by atoms with van der Waals surface area (Å²) in [5.74, 6) is 0.286. The Morgan fingerprint density at radius 2 is 0.795 bits per heavy atom. The SMILES string of the molecule is CCCCC/C=C\C/C=C\CCCCCCCC(=O)C(C)(CN(C)C)C(=O)CCCCCCC/C=C\C/C=C\CCCCC. The summed E-state index contributed by atoms with van der Waals surface area (Å²) in [6, 6.07) is 0. The van der Waals surface area contributed by atoms with Crippen LogP contribution in [0.2, 0.25) is 0 Å². The number of ketones is 2. The average molecular weight is 612 g/mol. The number of nitrogens with zero attached hydrogens (tertiary/aromatic N) is 1. The van der Waals surface area contributed by atoms with Gasteiger partial charge in [-0.2, -0.15) is 0 Å². The maximum Gasteiger partial charge on any atom is 0.147 e. The second-order valence-corrected chi connectivity index (χ2v) is 13.4. The Labute approximate surface area is 275 Å². The van der Waals surface area contributed by atoms with Gasteiger partial charge in [0.25, 0.3) is 0 Å². The molecule has 0 heterocycles. The van der Waals surface area contributed by atoms with Gasteiger partial charge >= 0.3 is 0 Å². The van der Waals surface area contributed by atoms with E-state index in [-0.39, 0.29) is 11.6 Å². The summed E-state index contributed by atoms with van der Waals surface area (Å²) < 4.78 is 0. The molecular formula is C41H73NO2. The van der Waals surface area contributed by atoms with Crippen LogP contribution >= 0.6 is 0 Å². The van der Waals surface area contributed by atoms with Crippen molar-refractivity contribution < 1.29 is 9.59 Å². The predicted octanol–water partition coefficient (Wildman–Crippen LogP) is 12.3. The Balaban J connectivity index is 4.07. The third-order valence-corrected chi connectivity index (χ3v) is 8.57. The topological polar surface area (TPSA) is 37.4 Å². The van der Waals surface area contributed by atoms with Gasteiger partial charge in [0.15, 0.2) is 0 Å². The van der Waals surface area contributed by atoms with Crippen LogP contribution < -0.4 is 0 Å². The molecule has 0 unspecified atom stereocenters. The summed E-state index contributed by atoms with van der Waals surface area (Å²) in [7, 11) is 3.94. The van der Waals surface area contributed by atoms with Gasteiger partial charge in [-0.1, -0.05) is 127 Å². The Morgan fingerprint density at radius 1 is 0.477 bits per heavy atom. The number of carbonyl (C=O) groups excluding carboxylic acids is 2. The van der Waals surface area contributed by atoms with E-state index in [1.165, 1.54) is 89.9 Å². The molecule has 0 aromatic rings. The van der Waals surface area contributed by atoms with Crippen LogP contribution in [0, 0.1) is 5.41 Å². The lowest BCUT2D eigenvalue weighted by atomic mass is 9.77. The van der Waals surface area contributed by atoms with E-state index < -0.39 is 5.41 Å². The van der Waals surface area contributed by atoms with Crippen LogP contribution in [-0.4, -0.2) is 37.1 Å². The fourth-order valence-corrected chi connectivity index (χ4v) is 5.71. The molecule has 0 aliphatic heterocycles. The fourth-order valence-electron chi connectivity index (χ4n) is 5.71. The zero-order chi connectivity index (χ0) is 32.6. The number of rotatable bonds is 32. The summed E-state index contributed by atoms with van der Waals surface area (Å²) in [6.07, 6.45) is 45.3. The van der Waals surface area contributed by atoms with Crippen molar-refractivity contribution in [1.82, 2.24) is 4.90 Å². The molecule has 0 bridgehead atoms. The summed E-state index contributed by atoms with van der Waals surface area (Å²) in [5.41, 5.74) is -0.867. The minimum atomic E-state index is -0.867. The van der Waals surface area contributed by atoms with Crippen LogP contribution in [0.4, 0.5) is 0 Å². The van der Waals surface area contributed by atoms with Crippen molar-refractivity contribution >= 4 is 11.6 Å². The third kappa shape index (κ3) is 25.6. The summed E-state index contributed by atoms with van der Waals surface area (Å²) >= 11 is 0. The molecule has 0 aromatic heterocycles. The highest BCUT2D eigenvalue weighted by Gasteiger charge is 2.39. The molecule has 0 spiro atoms. The molecule has 0 saturated heterocycles. The first-order chi connectivity index (χ1) is 21.4. The van der Waals surface area contributed by atoms with E-state index in [4.69, 9.17) is 0 Å². The van der Waals surface area contributed by atoms with Gasteiger partial charge in [-0.15, -0.1) is 0 Å². The summed E-state index contributed by atoms with van der Waals surface area (Å²) in [6.45, 7) is 6.91. The summed E-state index contributed by atoms with van der Waals surface area (Å²) in [5, 5.41) is 0. The maximum atomic E-state index is 13.3. The van der Waals surface area contributed by atoms with Crippen molar-refractivity contribution in [2.45, 2.75) is 175 Å². The van der Waals surface area contributed by atoms with Gasteiger partial charge in [-0.3, -0.25) is 9.59 Å². The van der Waals surface area contributed by atoms with Crippen molar-refractivity contribution in [2.75, 3.05) is 20.6 Å². The molecule has 0 amide bonds. The summed E-state index contributed by atoms with van der Waals surface area (Å²) in [4.78, 5) is 28.5. The number of hydrogen-bond acceptors (Lipinski definition) is 3. The lowest BCUT2D eigenvalue weighted by Crippen LogP contribution is -2.44. The maximum absolute atomic E-state index is 13.3. The second-order valence-electron chi connectivity index (χ2n) is 13.4. The number of unbranched alkanes of at least 4 members (excludes halogenated alkanes) is 16. The van der Waals surface area contributed by atoms with Gasteiger partial charge in [-0.25, -0.2) is 0 Å². The van der Waals surface area contributed by atoms with E-state index >= 15 is 0 Å². The molecule has 3 heteroatoms. The van der Waals surface area contributed by atoms with E-state index in [0.717, 1.165) is 51.4 Å². The lowest BCUT2D eigenvalue weighted by Gasteiger charge is -2.30. The standard InChI is InChI=1S/C41H73NO2/c1-6-8-10-12-14-16-18-20-22-24-26-28-30-32-34-36-39(43)41(3,38-42(4)5)40(44)37-35-33-31-29-27-25-23-21-19-17-15-13-11-9-7-2/h14-17,20-23H,6-13,18-19,24-38H2,1-5H3/b16-14-,17-15-,22-20-,23-21-. The normalized spacial score (nSPS) is 12.7. The first-order valence-electron chi connectivity index (χ1n) is 18.7. The van der Waals surface area contributed by atoms with Crippen LogP contribution in [0.3, 0.4) is 0 Å². The second kappa shape index (κ2) is 31.3. The highest BCUT2D eigenvalue weighted by Crippen LogP contribution is 2.27. The monoisotopic (exact) mass is 612 g/mol.